The van der Waals surface area contributed by atoms with E-state index in [1.54, 1.807) is 0 Å². The lowest BCUT2D eigenvalue weighted by Crippen LogP contribution is -2.39. The van der Waals surface area contributed by atoms with Crippen molar-refractivity contribution in [3.63, 3.8) is 0 Å². The van der Waals surface area contributed by atoms with Gasteiger partial charge in [-0.2, -0.15) is 0 Å². The minimum atomic E-state index is -0.976. The third-order valence-electron chi connectivity index (χ3n) is 6.35. The van der Waals surface area contributed by atoms with Crippen LogP contribution in [0.15, 0.2) is 0 Å². The topological polar surface area (TPSA) is 75.6 Å². The molecular weight excluding hydrogens is 414 g/mol. The van der Waals surface area contributed by atoms with Gasteiger partial charge in [-0.3, -0.25) is 9.59 Å². The molecule has 2 N–H and O–H groups in total. The molecule has 0 saturated heterocycles. The number of rotatable bonds is 26. The van der Waals surface area contributed by atoms with Crippen LogP contribution in [0.5, 0.6) is 0 Å². The van der Waals surface area contributed by atoms with Gasteiger partial charge < -0.3 is 15.2 Å². The minimum Gasteiger partial charge on any atom is -0.480 e. The highest BCUT2D eigenvalue weighted by atomic mass is 16.5. The summed E-state index contributed by atoms with van der Waals surface area (Å²) in [6, 6.07) is -0.843. The predicted octanol–water partition coefficient (Wildman–Crippen LogP) is 7.80. The lowest BCUT2D eigenvalue weighted by atomic mass is 10.0. The van der Waals surface area contributed by atoms with E-state index in [1.165, 1.54) is 103 Å². The maximum Gasteiger partial charge on any atom is 0.321 e. The first-order valence-corrected chi connectivity index (χ1v) is 14.2. The van der Waals surface area contributed by atoms with Crippen LogP contribution in [0.1, 0.15) is 149 Å². The fourth-order valence-electron chi connectivity index (χ4n) is 4.14. The van der Waals surface area contributed by atoms with Crippen LogP contribution < -0.4 is 5.32 Å². The average molecular weight is 470 g/mol. The van der Waals surface area contributed by atoms with Crippen LogP contribution in [0.25, 0.3) is 0 Å². The number of hydrogen-bond acceptors (Lipinski definition) is 4. The molecule has 196 valence electrons. The third kappa shape index (κ3) is 23.8. The van der Waals surface area contributed by atoms with Crippen molar-refractivity contribution < 1.29 is 19.4 Å². The van der Waals surface area contributed by atoms with Gasteiger partial charge in [0, 0.05) is 0 Å². The molecule has 0 aromatic heterocycles. The van der Waals surface area contributed by atoms with Crippen molar-refractivity contribution in [1.29, 1.82) is 0 Å². The van der Waals surface area contributed by atoms with Crippen LogP contribution in [0.4, 0.5) is 0 Å². The summed E-state index contributed by atoms with van der Waals surface area (Å²) in [6.45, 7) is 5.51. The fourth-order valence-corrected chi connectivity index (χ4v) is 4.14. The monoisotopic (exact) mass is 469 g/mol. The highest BCUT2D eigenvalue weighted by Crippen LogP contribution is 2.12. The van der Waals surface area contributed by atoms with Gasteiger partial charge in [0.2, 0.25) is 0 Å². The minimum absolute atomic E-state index is 0.0930. The maximum absolute atomic E-state index is 12.0. The normalized spacial score (nSPS) is 12.1. The van der Waals surface area contributed by atoms with E-state index >= 15 is 0 Å². The second-order valence-electron chi connectivity index (χ2n) is 9.63. The zero-order valence-corrected chi connectivity index (χ0v) is 22.0. The van der Waals surface area contributed by atoms with Gasteiger partial charge in [-0.15, -0.1) is 0 Å². The number of carboxylic acid groups (broad SMARTS) is 1. The highest BCUT2D eigenvalue weighted by Gasteiger charge is 2.21. The van der Waals surface area contributed by atoms with Crippen LogP contribution in [-0.2, 0) is 14.3 Å². The summed E-state index contributed by atoms with van der Waals surface area (Å²) in [4.78, 5) is 23.4. The second kappa shape index (κ2) is 25.5. The van der Waals surface area contributed by atoms with Crippen molar-refractivity contribution in [3.8, 4) is 0 Å². The van der Waals surface area contributed by atoms with Gasteiger partial charge in [0.25, 0.3) is 0 Å². The van der Waals surface area contributed by atoms with E-state index in [2.05, 4.69) is 19.2 Å². The summed E-state index contributed by atoms with van der Waals surface area (Å²) in [6.07, 6.45) is 24.9. The van der Waals surface area contributed by atoms with Crippen molar-refractivity contribution in [2.45, 2.75) is 155 Å². The molecule has 0 heterocycles. The molecule has 0 saturated carbocycles. The zero-order chi connectivity index (χ0) is 24.4. The largest absolute Gasteiger partial charge is 0.480 e. The SMILES string of the molecule is CCCCCCCCCCCCCCCOC(=O)CC(NCCCCCCCCC)C(=O)O. The molecule has 1 unspecified atom stereocenters. The molecule has 5 nitrogen and oxygen atoms in total. The van der Waals surface area contributed by atoms with Crippen molar-refractivity contribution in [1.82, 2.24) is 5.32 Å². The summed E-state index contributed by atoms with van der Waals surface area (Å²) in [5.74, 6) is -1.38. The first-order chi connectivity index (χ1) is 16.1. The van der Waals surface area contributed by atoms with E-state index in [9.17, 15) is 14.7 Å². The molecule has 0 spiro atoms. The molecule has 5 heteroatoms. The number of esters is 1. The quantitative estimate of drug-likeness (QED) is 0.0998. The Bertz CT molecular complexity index is 442. The Balaban J connectivity index is 3.55. The number of ether oxygens (including phenoxy) is 1. The van der Waals surface area contributed by atoms with E-state index in [1.807, 2.05) is 0 Å². The summed E-state index contributed by atoms with van der Waals surface area (Å²) >= 11 is 0. The number of carbonyl (C=O) groups is 2. The van der Waals surface area contributed by atoms with E-state index in [-0.39, 0.29) is 6.42 Å². The van der Waals surface area contributed by atoms with Crippen LogP contribution in [0.2, 0.25) is 0 Å². The van der Waals surface area contributed by atoms with E-state index in [0.29, 0.717) is 13.2 Å². The Labute approximate surface area is 204 Å². The summed E-state index contributed by atoms with van der Waals surface area (Å²) in [5, 5.41) is 12.3. The van der Waals surface area contributed by atoms with Crippen molar-refractivity contribution in [2.24, 2.45) is 0 Å². The van der Waals surface area contributed by atoms with Gasteiger partial charge in [-0.05, 0) is 19.4 Å². The van der Waals surface area contributed by atoms with Gasteiger partial charge >= 0.3 is 11.9 Å². The van der Waals surface area contributed by atoms with Gasteiger partial charge in [-0.1, -0.05) is 129 Å². The first kappa shape index (κ1) is 31.9. The van der Waals surface area contributed by atoms with Gasteiger partial charge in [0.1, 0.15) is 6.04 Å². The first-order valence-electron chi connectivity index (χ1n) is 14.2. The molecule has 0 rings (SSSR count). The standard InChI is InChI=1S/C28H55NO4/c1-3-5-7-9-11-12-13-14-15-16-18-20-22-24-33-27(30)25-26(28(31)32)29-23-21-19-17-10-8-6-4-2/h26,29H,3-25H2,1-2H3,(H,31,32). The molecule has 1 atom stereocenters. The Kier molecular flexibility index (Phi) is 24.7. The molecule has 0 bridgehead atoms. The van der Waals surface area contributed by atoms with Crippen LogP contribution in [0, 0.1) is 0 Å². The maximum atomic E-state index is 12.0. The smallest absolute Gasteiger partial charge is 0.321 e. The number of hydrogen-bond donors (Lipinski definition) is 2. The molecule has 0 radical (unpaired) electrons. The van der Waals surface area contributed by atoms with Crippen LogP contribution in [-0.4, -0.2) is 36.2 Å². The molecule has 0 fully saturated rings. The van der Waals surface area contributed by atoms with Crippen LogP contribution in [0.3, 0.4) is 0 Å². The Morgan fingerprint density at radius 2 is 1.03 bits per heavy atom. The van der Waals surface area contributed by atoms with Crippen LogP contribution >= 0.6 is 0 Å². The molecule has 0 aliphatic rings. The third-order valence-corrected chi connectivity index (χ3v) is 6.35. The number of carbonyl (C=O) groups excluding carboxylic acids is 1. The van der Waals surface area contributed by atoms with E-state index in [0.717, 1.165) is 25.7 Å². The van der Waals surface area contributed by atoms with Crippen molar-refractivity contribution in [2.75, 3.05) is 13.2 Å². The molecule has 0 aromatic carbocycles. The van der Waals surface area contributed by atoms with Crippen molar-refractivity contribution >= 4 is 11.9 Å². The molecule has 33 heavy (non-hydrogen) atoms. The Morgan fingerprint density at radius 3 is 1.45 bits per heavy atom. The molecule has 0 aromatic rings. The number of carboxylic acids is 1. The number of unbranched alkanes of at least 4 members (excludes halogenated alkanes) is 18. The summed E-state index contributed by atoms with van der Waals surface area (Å²) in [5.41, 5.74) is 0. The van der Waals surface area contributed by atoms with Gasteiger partial charge in [0.15, 0.2) is 0 Å². The van der Waals surface area contributed by atoms with Crippen molar-refractivity contribution in [3.05, 3.63) is 0 Å². The van der Waals surface area contributed by atoms with Gasteiger partial charge in [0.05, 0.1) is 13.0 Å². The fraction of sp³-hybridized carbons (Fsp3) is 0.929. The Morgan fingerprint density at radius 1 is 0.636 bits per heavy atom. The number of aliphatic carboxylic acids is 1. The zero-order valence-electron chi connectivity index (χ0n) is 22.0. The summed E-state index contributed by atoms with van der Waals surface area (Å²) < 4.78 is 5.26. The molecule has 0 amide bonds. The Hall–Kier alpha value is -1.10. The predicted molar refractivity (Wildman–Crippen MR) is 139 cm³/mol. The number of nitrogens with one attached hydrogen (secondary N) is 1. The van der Waals surface area contributed by atoms with Gasteiger partial charge in [-0.25, -0.2) is 0 Å². The molecule has 0 aliphatic carbocycles. The van der Waals surface area contributed by atoms with E-state index < -0.39 is 18.0 Å². The average Bonchev–Trinajstić information content (AvgIpc) is 2.80. The lowest BCUT2D eigenvalue weighted by molar-refractivity contribution is -0.149. The second-order valence-corrected chi connectivity index (χ2v) is 9.63. The molecule has 0 aliphatic heterocycles. The highest BCUT2D eigenvalue weighted by molar-refractivity contribution is 5.81. The molecular formula is C28H55NO4. The van der Waals surface area contributed by atoms with E-state index in [4.69, 9.17) is 4.74 Å². The lowest BCUT2D eigenvalue weighted by Gasteiger charge is -2.14. The summed E-state index contributed by atoms with van der Waals surface area (Å²) in [7, 11) is 0.